The first-order valence-electron chi connectivity index (χ1n) is 8.77. The highest BCUT2D eigenvalue weighted by atomic mass is 19.1. The second-order valence-electron chi connectivity index (χ2n) is 6.63. The molecule has 2 N–H and O–H groups in total. The summed E-state index contributed by atoms with van der Waals surface area (Å²) in [4.78, 5) is 4.80. The Bertz CT molecular complexity index is 1040. The van der Waals surface area contributed by atoms with Crippen LogP contribution in [-0.4, -0.2) is 31.9 Å². The first-order valence-corrected chi connectivity index (χ1v) is 8.77. The number of halogens is 1. The number of nitrogens with zero attached hydrogens (tertiary/aromatic N) is 1. The lowest BCUT2D eigenvalue weighted by atomic mass is 10.0. The number of ether oxygens (including phenoxy) is 3. The quantitative estimate of drug-likeness (QED) is 0.762. The maximum absolute atomic E-state index is 14.3. The summed E-state index contributed by atoms with van der Waals surface area (Å²) in [7, 11) is 3.22. The Balaban J connectivity index is 1.93. The first-order chi connectivity index (χ1) is 13.0. The Morgan fingerprint density at radius 1 is 1.22 bits per heavy atom. The van der Waals surface area contributed by atoms with Gasteiger partial charge in [0.2, 0.25) is 0 Å². The predicted octanol–water partition coefficient (Wildman–Crippen LogP) is 3.63. The van der Waals surface area contributed by atoms with Gasteiger partial charge in [0.05, 0.1) is 19.9 Å². The largest absolute Gasteiger partial charge is 0.497 e. The van der Waals surface area contributed by atoms with E-state index < -0.39 is 0 Å². The SMILES string of the molecule is COc1cc(OC)c2nc(-c3ccc(F)c4c3O[C@H](CN)C4)cc(C)c2c1. The van der Waals surface area contributed by atoms with E-state index in [9.17, 15) is 4.39 Å². The van der Waals surface area contributed by atoms with E-state index in [0.29, 0.717) is 41.5 Å². The number of aromatic nitrogens is 1. The van der Waals surface area contributed by atoms with Gasteiger partial charge in [0.15, 0.2) is 0 Å². The maximum Gasteiger partial charge on any atom is 0.148 e. The Kier molecular flexibility index (Phi) is 4.36. The summed E-state index contributed by atoms with van der Waals surface area (Å²) in [6, 6.07) is 8.86. The van der Waals surface area contributed by atoms with Gasteiger partial charge in [-0.3, -0.25) is 0 Å². The summed E-state index contributed by atoms with van der Waals surface area (Å²) in [5.74, 6) is 1.58. The molecule has 2 aromatic carbocycles. The summed E-state index contributed by atoms with van der Waals surface area (Å²) in [5.41, 5.74) is 9.48. The van der Waals surface area contributed by atoms with Crippen molar-refractivity contribution in [2.45, 2.75) is 19.4 Å². The van der Waals surface area contributed by atoms with Crippen molar-refractivity contribution in [1.29, 1.82) is 0 Å². The van der Waals surface area contributed by atoms with Crippen LogP contribution in [0.3, 0.4) is 0 Å². The van der Waals surface area contributed by atoms with Crippen LogP contribution in [0.2, 0.25) is 0 Å². The van der Waals surface area contributed by atoms with Crippen molar-refractivity contribution in [3.05, 3.63) is 47.3 Å². The zero-order valence-electron chi connectivity index (χ0n) is 15.5. The van der Waals surface area contributed by atoms with Gasteiger partial charge in [-0.15, -0.1) is 0 Å². The second kappa shape index (κ2) is 6.70. The molecule has 0 amide bonds. The van der Waals surface area contributed by atoms with E-state index in [-0.39, 0.29) is 11.9 Å². The van der Waals surface area contributed by atoms with Crippen molar-refractivity contribution in [1.82, 2.24) is 4.98 Å². The monoisotopic (exact) mass is 368 g/mol. The average Bonchev–Trinajstić information content (AvgIpc) is 3.13. The van der Waals surface area contributed by atoms with Gasteiger partial charge in [-0.25, -0.2) is 9.37 Å². The molecule has 0 radical (unpaired) electrons. The summed E-state index contributed by atoms with van der Waals surface area (Å²) in [6.45, 7) is 2.34. The molecule has 0 fully saturated rings. The number of hydrogen-bond donors (Lipinski definition) is 1. The zero-order chi connectivity index (χ0) is 19.1. The van der Waals surface area contributed by atoms with E-state index in [2.05, 4.69) is 0 Å². The lowest BCUT2D eigenvalue weighted by molar-refractivity contribution is 0.242. The van der Waals surface area contributed by atoms with Gasteiger partial charge in [-0.1, -0.05) is 0 Å². The minimum absolute atomic E-state index is 0.212. The Labute approximate surface area is 156 Å². The number of methoxy groups -OCH3 is 2. The average molecular weight is 368 g/mol. The molecule has 1 atom stereocenters. The Morgan fingerprint density at radius 3 is 2.74 bits per heavy atom. The minimum Gasteiger partial charge on any atom is -0.497 e. The van der Waals surface area contributed by atoms with Gasteiger partial charge in [-0.2, -0.15) is 0 Å². The Morgan fingerprint density at radius 2 is 2.04 bits per heavy atom. The molecule has 6 heteroatoms. The van der Waals surface area contributed by atoms with E-state index in [1.165, 1.54) is 6.07 Å². The highest BCUT2D eigenvalue weighted by Gasteiger charge is 2.28. The molecule has 0 bridgehead atoms. The molecule has 3 aromatic rings. The lowest BCUT2D eigenvalue weighted by Gasteiger charge is -2.14. The van der Waals surface area contributed by atoms with Crippen LogP contribution < -0.4 is 19.9 Å². The van der Waals surface area contributed by atoms with Crippen molar-refractivity contribution in [3.8, 4) is 28.5 Å². The molecule has 0 unspecified atom stereocenters. The molecule has 1 aliphatic heterocycles. The number of pyridine rings is 1. The van der Waals surface area contributed by atoms with Crippen molar-refractivity contribution in [2.75, 3.05) is 20.8 Å². The van der Waals surface area contributed by atoms with Crippen LogP contribution >= 0.6 is 0 Å². The van der Waals surface area contributed by atoms with Gasteiger partial charge in [0.25, 0.3) is 0 Å². The normalized spacial score (nSPS) is 15.5. The van der Waals surface area contributed by atoms with Crippen LogP contribution in [0.25, 0.3) is 22.2 Å². The minimum atomic E-state index is -0.274. The fraction of sp³-hybridized carbons (Fsp3) is 0.286. The number of rotatable bonds is 4. The van der Waals surface area contributed by atoms with Gasteiger partial charge < -0.3 is 19.9 Å². The fourth-order valence-electron chi connectivity index (χ4n) is 3.54. The van der Waals surface area contributed by atoms with Crippen LogP contribution in [0.1, 0.15) is 11.1 Å². The molecule has 0 saturated carbocycles. The van der Waals surface area contributed by atoms with Crippen LogP contribution in [0.5, 0.6) is 17.2 Å². The van der Waals surface area contributed by atoms with E-state index in [1.807, 2.05) is 19.1 Å². The van der Waals surface area contributed by atoms with Crippen LogP contribution in [0.4, 0.5) is 4.39 Å². The van der Waals surface area contributed by atoms with Crippen molar-refractivity contribution >= 4 is 10.9 Å². The molecule has 2 heterocycles. The molecular weight excluding hydrogens is 347 g/mol. The van der Waals surface area contributed by atoms with E-state index >= 15 is 0 Å². The molecule has 1 aromatic heterocycles. The smallest absolute Gasteiger partial charge is 0.148 e. The molecule has 140 valence electrons. The van der Waals surface area contributed by atoms with Crippen LogP contribution in [0, 0.1) is 12.7 Å². The summed E-state index contributed by atoms with van der Waals surface area (Å²) >= 11 is 0. The molecule has 1 aliphatic rings. The van der Waals surface area contributed by atoms with E-state index in [1.54, 1.807) is 26.4 Å². The molecule has 0 saturated heterocycles. The van der Waals surface area contributed by atoms with Crippen molar-refractivity contribution in [3.63, 3.8) is 0 Å². The molecule has 0 spiro atoms. The van der Waals surface area contributed by atoms with Gasteiger partial charge >= 0.3 is 0 Å². The molecule has 0 aliphatic carbocycles. The second-order valence-corrected chi connectivity index (χ2v) is 6.63. The summed E-state index contributed by atoms with van der Waals surface area (Å²) in [6.07, 6.45) is 0.259. The number of aryl methyl sites for hydroxylation is 1. The third-order valence-electron chi connectivity index (χ3n) is 4.97. The van der Waals surface area contributed by atoms with Crippen LogP contribution in [0.15, 0.2) is 30.3 Å². The molecule has 27 heavy (non-hydrogen) atoms. The summed E-state index contributed by atoms with van der Waals surface area (Å²) < 4.78 is 31.0. The van der Waals surface area contributed by atoms with Gasteiger partial charge in [0, 0.05) is 35.5 Å². The van der Waals surface area contributed by atoms with Gasteiger partial charge in [-0.05, 0) is 36.8 Å². The fourth-order valence-corrected chi connectivity index (χ4v) is 3.54. The van der Waals surface area contributed by atoms with Crippen LogP contribution in [-0.2, 0) is 6.42 Å². The van der Waals surface area contributed by atoms with E-state index in [4.69, 9.17) is 24.9 Å². The third-order valence-corrected chi connectivity index (χ3v) is 4.97. The topological polar surface area (TPSA) is 66.6 Å². The highest BCUT2D eigenvalue weighted by molar-refractivity contribution is 5.91. The lowest BCUT2D eigenvalue weighted by Crippen LogP contribution is -2.24. The van der Waals surface area contributed by atoms with Gasteiger partial charge in [0.1, 0.15) is 34.7 Å². The Hall–Kier alpha value is -2.86. The molecule has 4 rings (SSSR count). The molecular formula is C21H21FN2O3. The molecule has 5 nitrogen and oxygen atoms in total. The summed E-state index contributed by atoms with van der Waals surface area (Å²) in [5, 5.41) is 0.939. The number of benzene rings is 2. The van der Waals surface area contributed by atoms with E-state index in [0.717, 1.165) is 22.0 Å². The highest BCUT2D eigenvalue weighted by Crippen LogP contribution is 2.41. The maximum atomic E-state index is 14.3. The first kappa shape index (κ1) is 17.5. The van der Waals surface area contributed by atoms with Crippen molar-refractivity contribution < 1.29 is 18.6 Å². The predicted molar refractivity (Wildman–Crippen MR) is 102 cm³/mol. The number of fused-ring (bicyclic) bond motifs is 2. The number of nitrogens with two attached hydrogens (primary N) is 1. The number of hydrogen-bond acceptors (Lipinski definition) is 5. The third kappa shape index (κ3) is 2.86. The van der Waals surface area contributed by atoms with Crippen molar-refractivity contribution in [2.24, 2.45) is 5.73 Å². The standard InChI is InChI=1S/C21H21FN2O3/c1-11-6-18(24-20-15(11)7-12(25-2)9-19(20)26-3)14-4-5-17(22)16-8-13(10-23)27-21(14)16/h4-7,9,13H,8,10,23H2,1-3H3/t13-/m0/s1. The zero-order valence-corrected chi connectivity index (χ0v) is 15.5.